The molecule has 0 bridgehead atoms. The average molecular weight is 324 g/mol. The van der Waals surface area contributed by atoms with E-state index < -0.39 is 0 Å². The zero-order valence-corrected chi connectivity index (χ0v) is 12.5. The minimum absolute atomic E-state index is 0.0890. The second-order valence-electron chi connectivity index (χ2n) is 5.09. The molecule has 102 valence electrons. The first-order valence-corrected chi connectivity index (χ1v) is 7.24. The molecule has 1 fully saturated rings. The molecule has 0 atom stereocenters. The summed E-state index contributed by atoms with van der Waals surface area (Å²) in [5.74, 6) is 0.340. The number of rotatable bonds is 4. The van der Waals surface area contributed by atoms with Gasteiger partial charge in [-0.25, -0.2) is 0 Å². The summed E-state index contributed by atoms with van der Waals surface area (Å²) >= 11 is 3.48. The van der Waals surface area contributed by atoms with Gasteiger partial charge >= 0.3 is 0 Å². The van der Waals surface area contributed by atoms with E-state index in [0.29, 0.717) is 12.5 Å². The van der Waals surface area contributed by atoms with Gasteiger partial charge in [0.25, 0.3) is 0 Å². The molecule has 19 heavy (non-hydrogen) atoms. The zero-order chi connectivity index (χ0) is 13.8. The van der Waals surface area contributed by atoms with Crippen LogP contribution in [0.2, 0.25) is 0 Å². The van der Waals surface area contributed by atoms with Crippen LogP contribution < -0.4 is 5.32 Å². The highest BCUT2D eigenvalue weighted by Gasteiger charge is 2.26. The van der Waals surface area contributed by atoms with E-state index in [1.165, 1.54) is 5.56 Å². The minimum Gasteiger partial charge on any atom is -0.393 e. The number of halogens is 1. The molecule has 4 heteroatoms. The van der Waals surface area contributed by atoms with E-state index in [1.807, 2.05) is 25.1 Å². The van der Waals surface area contributed by atoms with Crippen LogP contribution in [0.5, 0.6) is 0 Å². The van der Waals surface area contributed by atoms with E-state index in [9.17, 15) is 4.79 Å². The Kier molecular flexibility index (Phi) is 4.77. The van der Waals surface area contributed by atoms with Crippen LogP contribution in [0.25, 0.3) is 6.08 Å². The smallest absolute Gasteiger partial charge is 0.244 e. The average Bonchev–Trinajstić information content (AvgIpc) is 2.32. The standard InChI is InChI=1S/C15H18BrNO2/c1-10-2-3-12(14(16)6-10)4-5-15(19)17-9-11-7-13(18)8-11/h2-6,11,13,18H,7-9H2,1H3,(H,17,19). The summed E-state index contributed by atoms with van der Waals surface area (Å²) in [5, 5.41) is 12.0. The molecule has 1 aliphatic carbocycles. The van der Waals surface area contributed by atoms with Gasteiger partial charge in [0, 0.05) is 17.1 Å². The Labute approximate surface area is 121 Å². The number of amides is 1. The van der Waals surface area contributed by atoms with Gasteiger partial charge in [0.2, 0.25) is 5.91 Å². The van der Waals surface area contributed by atoms with Crippen LogP contribution in [0.3, 0.4) is 0 Å². The highest BCUT2D eigenvalue weighted by Crippen LogP contribution is 2.26. The fourth-order valence-corrected chi connectivity index (χ4v) is 2.73. The van der Waals surface area contributed by atoms with Gasteiger partial charge in [-0.15, -0.1) is 0 Å². The largest absolute Gasteiger partial charge is 0.393 e. The lowest BCUT2D eigenvalue weighted by atomic mass is 9.82. The molecular formula is C15H18BrNO2. The van der Waals surface area contributed by atoms with Crippen LogP contribution >= 0.6 is 15.9 Å². The van der Waals surface area contributed by atoms with Crippen molar-refractivity contribution in [2.24, 2.45) is 5.92 Å². The Morgan fingerprint density at radius 1 is 1.53 bits per heavy atom. The number of benzene rings is 1. The molecule has 2 rings (SSSR count). The van der Waals surface area contributed by atoms with Gasteiger partial charge in [0.1, 0.15) is 0 Å². The molecule has 3 nitrogen and oxygen atoms in total. The van der Waals surface area contributed by atoms with Crippen LogP contribution in [0, 0.1) is 12.8 Å². The summed E-state index contributed by atoms with van der Waals surface area (Å²) in [4.78, 5) is 11.6. The van der Waals surface area contributed by atoms with Crippen LogP contribution in [-0.4, -0.2) is 23.7 Å². The third kappa shape index (κ3) is 4.18. The molecule has 0 unspecified atom stereocenters. The van der Waals surface area contributed by atoms with Gasteiger partial charge < -0.3 is 10.4 Å². The van der Waals surface area contributed by atoms with Crippen molar-refractivity contribution in [2.75, 3.05) is 6.54 Å². The third-order valence-corrected chi connectivity index (χ3v) is 4.03. The van der Waals surface area contributed by atoms with Crippen molar-refractivity contribution in [3.05, 3.63) is 39.9 Å². The zero-order valence-electron chi connectivity index (χ0n) is 10.9. The fourth-order valence-electron chi connectivity index (χ4n) is 2.10. The molecule has 1 aromatic rings. The van der Waals surface area contributed by atoms with Crippen molar-refractivity contribution in [3.63, 3.8) is 0 Å². The van der Waals surface area contributed by atoms with E-state index in [2.05, 4.69) is 21.2 Å². The van der Waals surface area contributed by atoms with Gasteiger partial charge in [-0.1, -0.05) is 28.1 Å². The number of carbonyl (C=O) groups is 1. The van der Waals surface area contributed by atoms with E-state index in [0.717, 1.165) is 22.9 Å². The number of aliphatic hydroxyl groups excluding tert-OH is 1. The molecular weight excluding hydrogens is 306 g/mol. The molecule has 0 aliphatic heterocycles. The lowest BCUT2D eigenvalue weighted by molar-refractivity contribution is -0.117. The van der Waals surface area contributed by atoms with E-state index >= 15 is 0 Å². The molecule has 1 saturated carbocycles. The lowest BCUT2D eigenvalue weighted by Crippen LogP contribution is -2.37. The Balaban J connectivity index is 1.82. The van der Waals surface area contributed by atoms with Gasteiger partial charge in [-0.3, -0.25) is 4.79 Å². The summed E-state index contributed by atoms with van der Waals surface area (Å²) in [6, 6.07) is 6.01. The van der Waals surface area contributed by atoms with Gasteiger partial charge in [-0.05, 0) is 49.0 Å². The fraction of sp³-hybridized carbons (Fsp3) is 0.400. The predicted molar refractivity (Wildman–Crippen MR) is 79.7 cm³/mol. The Hall–Kier alpha value is -1.13. The van der Waals surface area contributed by atoms with Gasteiger partial charge in [0.15, 0.2) is 0 Å². The molecule has 1 aliphatic rings. The maximum Gasteiger partial charge on any atom is 0.244 e. The lowest BCUT2D eigenvalue weighted by Gasteiger charge is -2.31. The second kappa shape index (κ2) is 6.35. The SMILES string of the molecule is Cc1ccc(C=CC(=O)NCC2CC(O)C2)c(Br)c1. The quantitative estimate of drug-likeness (QED) is 0.837. The first-order chi connectivity index (χ1) is 9.04. The van der Waals surface area contributed by atoms with E-state index in [1.54, 1.807) is 12.2 Å². The normalized spacial score (nSPS) is 22.3. The van der Waals surface area contributed by atoms with Crippen molar-refractivity contribution >= 4 is 27.9 Å². The van der Waals surface area contributed by atoms with Crippen molar-refractivity contribution in [2.45, 2.75) is 25.9 Å². The van der Waals surface area contributed by atoms with Crippen LogP contribution in [0.4, 0.5) is 0 Å². The second-order valence-corrected chi connectivity index (χ2v) is 5.95. The van der Waals surface area contributed by atoms with Crippen molar-refractivity contribution < 1.29 is 9.90 Å². The number of aryl methyl sites for hydroxylation is 1. The van der Waals surface area contributed by atoms with Gasteiger partial charge in [0.05, 0.1) is 6.10 Å². The molecule has 1 amide bonds. The number of nitrogens with one attached hydrogen (secondary N) is 1. The summed E-state index contributed by atoms with van der Waals surface area (Å²) in [5.41, 5.74) is 2.16. The maximum atomic E-state index is 11.6. The number of hydrogen-bond donors (Lipinski definition) is 2. The van der Waals surface area contributed by atoms with Gasteiger partial charge in [-0.2, -0.15) is 0 Å². The number of aliphatic hydroxyl groups is 1. The number of carbonyl (C=O) groups excluding carboxylic acids is 1. The molecule has 2 N–H and O–H groups in total. The molecule has 1 aromatic carbocycles. The highest BCUT2D eigenvalue weighted by atomic mass is 79.9. The third-order valence-electron chi connectivity index (χ3n) is 3.35. The molecule has 0 saturated heterocycles. The summed E-state index contributed by atoms with van der Waals surface area (Å²) < 4.78 is 0.985. The van der Waals surface area contributed by atoms with Crippen molar-refractivity contribution in [1.29, 1.82) is 0 Å². The van der Waals surface area contributed by atoms with E-state index in [-0.39, 0.29) is 12.0 Å². The van der Waals surface area contributed by atoms with Crippen molar-refractivity contribution in [1.82, 2.24) is 5.32 Å². The van der Waals surface area contributed by atoms with Crippen molar-refractivity contribution in [3.8, 4) is 0 Å². The highest BCUT2D eigenvalue weighted by molar-refractivity contribution is 9.10. The summed E-state index contributed by atoms with van der Waals surface area (Å²) in [6.45, 7) is 2.67. The van der Waals surface area contributed by atoms with Crippen LogP contribution in [0.1, 0.15) is 24.0 Å². The minimum atomic E-state index is -0.166. The first-order valence-electron chi connectivity index (χ1n) is 6.44. The molecule has 0 aromatic heterocycles. The summed E-state index contributed by atoms with van der Waals surface area (Å²) in [7, 11) is 0. The van der Waals surface area contributed by atoms with Crippen LogP contribution in [0.15, 0.2) is 28.7 Å². The van der Waals surface area contributed by atoms with Crippen LogP contribution in [-0.2, 0) is 4.79 Å². The molecule has 0 radical (unpaired) electrons. The Bertz CT molecular complexity index is 493. The molecule has 0 spiro atoms. The molecule has 0 heterocycles. The number of hydrogen-bond acceptors (Lipinski definition) is 2. The van der Waals surface area contributed by atoms with E-state index in [4.69, 9.17) is 5.11 Å². The monoisotopic (exact) mass is 323 g/mol. The Morgan fingerprint density at radius 3 is 2.89 bits per heavy atom. The first kappa shape index (κ1) is 14.3. The Morgan fingerprint density at radius 2 is 2.26 bits per heavy atom. The summed E-state index contributed by atoms with van der Waals surface area (Å²) in [6.07, 6.45) is 4.78. The predicted octanol–water partition coefficient (Wildman–Crippen LogP) is 2.66. The maximum absolute atomic E-state index is 11.6. The topological polar surface area (TPSA) is 49.3 Å².